The van der Waals surface area contributed by atoms with Gasteiger partial charge in [0.05, 0.1) is 11.0 Å². The molecular formula is C21H29N5O3S. The number of anilines is 2. The first-order valence-corrected chi connectivity index (χ1v) is 11.2. The zero-order chi connectivity index (χ0) is 21.3. The second-order valence-corrected chi connectivity index (χ2v) is 8.61. The molecule has 2 N–H and O–H groups in total. The summed E-state index contributed by atoms with van der Waals surface area (Å²) in [5.41, 5.74) is 1.26. The minimum absolute atomic E-state index is 0.0557. The standard InChI is InChI=1S/C21H29N5O3S/c1-16-14-19(24-29-16)23-21(28)17(2)30-15-20(27)22-8-9-25-10-12-26(13-11-25)18-6-4-3-5-7-18/h3-7,14,17H,8-13,15H2,1-2H3,(H,22,27)(H,23,24,28). The molecule has 0 saturated carbocycles. The Labute approximate surface area is 181 Å². The van der Waals surface area contributed by atoms with Gasteiger partial charge in [-0.2, -0.15) is 0 Å². The highest BCUT2D eigenvalue weighted by atomic mass is 32.2. The number of amides is 2. The predicted molar refractivity (Wildman–Crippen MR) is 120 cm³/mol. The number of carbonyl (C=O) groups excluding carboxylic acids is 2. The molecule has 162 valence electrons. The molecule has 1 unspecified atom stereocenters. The topological polar surface area (TPSA) is 90.7 Å². The van der Waals surface area contributed by atoms with Gasteiger partial charge in [-0.05, 0) is 26.0 Å². The summed E-state index contributed by atoms with van der Waals surface area (Å²) in [7, 11) is 0. The Kier molecular flexibility index (Phi) is 8.15. The summed E-state index contributed by atoms with van der Waals surface area (Å²) in [6.45, 7) is 8.93. The maximum atomic E-state index is 12.1. The van der Waals surface area contributed by atoms with Crippen LogP contribution in [0.3, 0.4) is 0 Å². The van der Waals surface area contributed by atoms with Crippen LogP contribution in [0.15, 0.2) is 40.9 Å². The summed E-state index contributed by atoms with van der Waals surface area (Å²) >= 11 is 1.30. The molecule has 1 fully saturated rings. The molecule has 2 heterocycles. The van der Waals surface area contributed by atoms with E-state index in [1.165, 1.54) is 17.4 Å². The van der Waals surface area contributed by atoms with Gasteiger partial charge < -0.3 is 20.1 Å². The quantitative estimate of drug-likeness (QED) is 0.627. The number of piperazine rings is 1. The highest BCUT2D eigenvalue weighted by molar-refractivity contribution is 8.01. The fraction of sp³-hybridized carbons (Fsp3) is 0.476. The van der Waals surface area contributed by atoms with Crippen molar-refractivity contribution in [3.05, 3.63) is 42.2 Å². The van der Waals surface area contributed by atoms with Crippen molar-refractivity contribution in [3.8, 4) is 0 Å². The Bertz CT molecular complexity index is 821. The molecule has 30 heavy (non-hydrogen) atoms. The number of hydrogen-bond acceptors (Lipinski definition) is 7. The van der Waals surface area contributed by atoms with E-state index in [0.29, 0.717) is 18.1 Å². The third-order valence-corrected chi connectivity index (χ3v) is 6.10. The van der Waals surface area contributed by atoms with Crippen molar-refractivity contribution < 1.29 is 14.1 Å². The van der Waals surface area contributed by atoms with Crippen LogP contribution in [0.1, 0.15) is 12.7 Å². The Morgan fingerprint density at radius 2 is 1.93 bits per heavy atom. The van der Waals surface area contributed by atoms with Crippen LogP contribution < -0.4 is 15.5 Å². The Morgan fingerprint density at radius 1 is 1.20 bits per heavy atom. The lowest BCUT2D eigenvalue weighted by Crippen LogP contribution is -2.48. The third kappa shape index (κ3) is 6.77. The molecule has 0 radical (unpaired) electrons. The number of hydrogen-bond donors (Lipinski definition) is 2. The minimum atomic E-state index is -0.362. The van der Waals surface area contributed by atoms with Gasteiger partial charge in [0.15, 0.2) is 5.82 Å². The number of aryl methyl sites for hydroxylation is 1. The number of nitrogens with one attached hydrogen (secondary N) is 2. The Hall–Kier alpha value is -2.52. The molecule has 1 aromatic carbocycles. The number of carbonyl (C=O) groups is 2. The van der Waals surface area contributed by atoms with E-state index in [2.05, 4.69) is 49.9 Å². The zero-order valence-corrected chi connectivity index (χ0v) is 18.3. The van der Waals surface area contributed by atoms with E-state index in [-0.39, 0.29) is 22.8 Å². The van der Waals surface area contributed by atoms with Crippen LogP contribution in [0.5, 0.6) is 0 Å². The molecule has 0 spiro atoms. The van der Waals surface area contributed by atoms with E-state index in [0.717, 1.165) is 32.7 Å². The average Bonchev–Trinajstić information content (AvgIpc) is 3.17. The summed E-state index contributed by atoms with van der Waals surface area (Å²) in [6, 6.07) is 12.1. The van der Waals surface area contributed by atoms with E-state index >= 15 is 0 Å². The van der Waals surface area contributed by atoms with Crippen molar-refractivity contribution in [2.45, 2.75) is 19.1 Å². The molecule has 2 aromatic rings. The number of nitrogens with zero attached hydrogens (tertiary/aromatic N) is 3. The van der Waals surface area contributed by atoms with E-state index in [1.54, 1.807) is 19.9 Å². The van der Waals surface area contributed by atoms with E-state index in [4.69, 9.17) is 4.52 Å². The lowest BCUT2D eigenvalue weighted by atomic mass is 10.2. The molecule has 1 atom stereocenters. The van der Waals surface area contributed by atoms with Gasteiger partial charge in [0.25, 0.3) is 0 Å². The fourth-order valence-electron chi connectivity index (χ4n) is 3.20. The first kappa shape index (κ1) is 22.2. The lowest BCUT2D eigenvalue weighted by Gasteiger charge is -2.36. The van der Waals surface area contributed by atoms with Gasteiger partial charge >= 0.3 is 0 Å². The summed E-state index contributed by atoms with van der Waals surface area (Å²) < 4.78 is 4.92. The number of benzene rings is 1. The molecule has 1 aromatic heterocycles. The van der Waals surface area contributed by atoms with Gasteiger partial charge in [-0.1, -0.05) is 23.4 Å². The van der Waals surface area contributed by atoms with Crippen LogP contribution in [0.25, 0.3) is 0 Å². The fourth-order valence-corrected chi connectivity index (χ4v) is 3.92. The predicted octanol–water partition coefficient (Wildman–Crippen LogP) is 1.98. The third-order valence-electron chi connectivity index (χ3n) is 4.96. The summed E-state index contributed by atoms with van der Waals surface area (Å²) in [4.78, 5) is 29.0. The van der Waals surface area contributed by atoms with Crippen molar-refractivity contribution >= 4 is 35.1 Å². The highest BCUT2D eigenvalue weighted by Crippen LogP contribution is 2.16. The van der Waals surface area contributed by atoms with Gasteiger partial charge in [-0.25, -0.2) is 0 Å². The molecule has 0 aliphatic carbocycles. The summed E-state index contributed by atoms with van der Waals surface area (Å²) in [6.07, 6.45) is 0. The van der Waals surface area contributed by atoms with Gasteiger partial charge in [0, 0.05) is 51.0 Å². The molecule has 0 bridgehead atoms. The molecule has 8 nitrogen and oxygen atoms in total. The Balaban J connectivity index is 1.27. The molecular weight excluding hydrogens is 402 g/mol. The van der Waals surface area contributed by atoms with Crippen molar-refractivity contribution in [1.29, 1.82) is 0 Å². The number of para-hydroxylation sites is 1. The molecule has 1 aliphatic heterocycles. The van der Waals surface area contributed by atoms with Crippen molar-refractivity contribution in [2.75, 3.05) is 55.2 Å². The molecule has 9 heteroatoms. The van der Waals surface area contributed by atoms with E-state index in [1.807, 2.05) is 6.07 Å². The van der Waals surface area contributed by atoms with Crippen LogP contribution in [-0.2, 0) is 9.59 Å². The zero-order valence-electron chi connectivity index (χ0n) is 17.5. The second kappa shape index (κ2) is 11.0. The highest BCUT2D eigenvalue weighted by Gasteiger charge is 2.18. The van der Waals surface area contributed by atoms with E-state index in [9.17, 15) is 9.59 Å². The first-order chi connectivity index (χ1) is 14.5. The lowest BCUT2D eigenvalue weighted by molar-refractivity contribution is -0.118. The van der Waals surface area contributed by atoms with Crippen molar-refractivity contribution in [3.63, 3.8) is 0 Å². The van der Waals surface area contributed by atoms with Crippen LogP contribution in [0, 0.1) is 6.92 Å². The van der Waals surface area contributed by atoms with Crippen LogP contribution in [0.4, 0.5) is 11.5 Å². The maximum absolute atomic E-state index is 12.1. The van der Waals surface area contributed by atoms with Gasteiger partial charge in [0.1, 0.15) is 5.76 Å². The normalized spacial score (nSPS) is 15.6. The number of aromatic nitrogens is 1. The second-order valence-electron chi connectivity index (χ2n) is 7.28. The molecule has 1 aliphatic rings. The van der Waals surface area contributed by atoms with Crippen LogP contribution in [-0.4, -0.2) is 72.1 Å². The van der Waals surface area contributed by atoms with Crippen molar-refractivity contribution in [2.24, 2.45) is 0 Å². The van der Waals surface area contributed by atoms with Gasteiger partial charge in [-0.15, -0.1) is 11.8 Å². The number of rotatable bonds is 9. The monoisotopic (exact) mass is 431 g/mol. The summed E-state index contributed by atoms with van der Waals surface area (Å²) in [5, 5.41) is 9.00. The van der Waals surface area contributed by atoms with Crippen molar-refractivity contribution in [1.82, 2.24) is 15.4 Å². The average molecular weight is 432 g/mol. The van der Waals surface area contributed by atoms with Gasteiger partial charge in [-0.3, -0.25) is 14.5 Å². The molecule has 1 saturated heterocycles. The summed E-state index contributed by atoms with van der Waals surface area (Å²) in [5.74, 6) is 1.01. The maximum Gasteiger partial charge on any atom is 0.238 e. The number of thioether (sulfide) groups is 1. The van der Waals surface area contributed by atoms with Crippen LogP contribution in [0.2, 0.25) is 0 Å². The molecule has 3 rings (SSSR count). The largest absolute Gasteiger partial charge is 0.369 e. The molecule has 2 amide bonds. The smallest absolute Gasteiger partial charge is 0.238 e. The van der Waals surface area contributed by atoms with Crippen LogP contribution >= 0.6 is 11.8 Å². The SMILES string of the molecule is Cc1cc(NC(=O)C(C)SCC(=O)NCCN2CCN(c3ccccc3)CC2)no1. The minimum Gasteiger partial charge on any atom is -0.369 e. The van der Waals surface area contributed by atoms with E-state index < -0.39 is 0 Å². The Morgan fingerprint density at radius 3 is 2.60 bits per heavy atom. The first-order valence-electron chi connectivity index (χ1n) is 10.2. The van der Waals surface area contributed by atoms with Gasteiger partial charge in [0.2, 0.25) is 11.8 Å².